The summed E-state index contributed by atoms with van der Waals surface area (Å²) in [4.78, 5) is 0. The van der Waals surface area contributed by atoms with Gasteiger partial charge in [0.15, 0.2) is 0 Å². The average Bonchev–Trinajstić information content (AvgIpc) is 2.09. The van der Waals surface area contributed by atoms with E-state index in [4.69, 9.17) is 0 Å². The smallest absolute Gasteiger partial charge is 0.334 e. The Hall–Kier alpha value is -0.490. The minimum atomic E-state index is -2.20. The quantitative estimate of drug-likeness (QED) is 0.354. The van der Waals surface area contributed by atoms with E-state index in [-0.39, 0.29) is 0 Å². The summed E-state index contributed by atoms with van der Waals surface area (Å²) in [5.41, 5.74) is 0.674. The molecule has 3 heteroatoms. The summed E-state index contributed by atoms with van der Waals surface area (Å²) in [5, 5.41) is 0. The summed E-state index contributed by atoms with van der Waals surface area (Å²) in [7, 11) is -2.20. The van der Waals surface area contributed by atoms with Gasteiger partial charge >= 0.3 is 7.37 Å². The monoisotopic (exact) mass is 114 g/mol. The van der Waals surface area contributed by atoms with Gasteiger partial charge in [0.2, 0.25) is 5.50 Å². The van der Waals surface area contributed by atoms with Gasteiger partial charge < -0.3 is 4.52 Å². The van der Waals surface area contributed by atoms with Gasteiger partial charge in [-0.05, 0) is 6.08 Å². The molecular weight excluding hydrogens is 111 g/mol. The van der Waals surface area contributed by atoms with Gasteiger partial charge in [0, 0.05) is 5.82 Å². The van der Waals surface area contributed by atoms with Crippen molar-refractivity contribution in [2.75, 3.05) is 0 Å². The number of hydrogen-bond acceptors (Lipinski definition) is 2. The van der Waals surface area contributed by atoms with E-state index >= 15 is 0 Å². The van der Waals surface area contributed by atoms with E-state index in [2.05, 4.69) is 4.52 Å². The molecule has 0 amide bonds. The molecule has 0 aliphatic carbocycles. The summed E-state index contributed by atoms with van der Waals surface area (Å²) in [6.45, 7) is 0. The Morgan fingerprint density at radius 2 is 2.57 bits per heavy atom. The Balaban J connectivity index is 2.71. The van der Waals surface area contributed by atoms with Crippen molar-refractivity contribution in [2.45, 2.75) is 0 Å². The lowest BCUT2D eigenvalue weighted by Gasteiger charge is -1.67. The van der Waals surface area contributed by atoms with Crippen molar-refractivity contribution in [1.82, 2.24) is 0 Å². The topological polar surface area (TPSA) is 29.6 Å². The average molecular weight is 114 g/mol. The Morgan fingerprint density at radius 3 is 2.71 bits per heavy atom. The van der Waals surface area contributed by atoms with E-state index in [1.165, 1.54) is 0 Å². The lowest BCUT2D eigenvalue weighted by Crippen LogP contribution is -1.39. The Bertz CT molecular complexity index is 214. The first-order valence-electron chi connectivity index (χ1n) is 2.01. The number of allylic oxidation sites excluding steroid dienone is 2. The van der Waals surface area contributed by atoms with Gasteiger partial charge in [-0.15, -0.1) is 0 Å². The van der Waals surface area contributed by atoms with Crippen LogP contribution in [0.5, 0.6) is 0 Å². The molecule has 0 N–H and O–H groups in total. The van der Waals surface area contributed by atoms with Gasteiger partial charge in [0.25, 0.3) is 0 Å². The molecule has 0 spiro atoms. The molecule has 36 valence electrons. The summed E-state index contributed by atoms with van der Waals surface area (Å²) in [5.74, 6) is 1.61. The fraction of sp³-hybridized carbons (Fsp3) is 0. The van der Waals surface area contributed by atoms with E-state index in [0.717, 1.165) is 0 Å². The Morgan fingerprint density at radius 1 is 1.71 bits per heavy atom. The van der Waals surface area contributed by atoms with Crippen LogP contribution in [-0.2, 0) is 9.09 Å². The first-order chi connectivity index (χ1) is 3.31. The van der Waals surface area contributed by atoms with Crippen molar-refractivity contribution >= 4 is 7.37 Å². The second-order valence-corrected chi connectivity index (χ2v) is 3.65. The molecule has 1 fully saturated rings. The Kier molecular flexibility index (Phi) is 0.359. The molecule has 1 atom stereocenters. The summed E-state index contributed by atoms with van der Waals surface area (Å²) in [6, 6.07) is 0. The van der Waals surface area contributed by atoms with Crippen molar-refractivity contribution < 1.29 is 9.09 Å². The molecule has 2 nitrogen and oxygen atoms in total. The SMILES string of the molecule is O=P12C=CC=C1O2. The zero-order chi connectivity index (χ0) is 4.91. The summed E-state index contributed by atoms with van der Waals surface area (Å²) < 4.78 is 15.4. The molecule has 0 radical (unpaired) electrons. The lowest BCUT2D eigenvalue weighted by molar-refractivity contribution is 0.541. The van der Waals surface area contributed by atoms with E-state index < -0.39 is 7.37 Å². The van der Waals surface area contributed by atoms with Gasteiger partial charge in [0.1, 0.15) is 0 Å². The predicted molar refractivity (Wildman–Crippen MR) is 25.9 cm³/mol. The van der Waals surface area contributed by atoms with Crippen LogP contribution in [0.4, 0.5) is 0 Å². The molecule has 0 aromatic rings. The van der Waals surface area contributed by atoms with Crippen LogP contribution >= 0.6 is 7.37 Å². The van der Waals surface area contributed by atoms with Crippen LogP contribution in [0.1, 0.15) is 0 Å². The van der Waals surface area contributed by atoms with Crippen molar-refractivity contribution in [3.63, 3.8) is 0 Å². The second-order valence-electron chi connectivity index (χ2n) is 1.53. The first-order valence-corrected chi connectivity index (χ1v) is 3.70. The highest BCUT2D eigenvalue weighted by Gasteiger charge is 2.47. The second kappa shape index (κ2) is 0.716. The van der Waals surface area contributed by atoms with Gasteiger partial charge in [-0.3, -0.25) is 4.57 Å². The predicted octanol–water partition coefficient (Wildman–Crippen LogP) is 1.66. The number of fused-ring (bicyclic) bond motifs is 1. The highest BCUT2D eigenvalue weighted by Crippen LogP contribution is 2.76. The molecular formula is C4H3O2P. The van der Waals surface area contributed by atoms with Crippen molar-refractivity contribution in [2.24, 2.45) is 0 Å². The van der Waals surface area contributed by atoms with E-state index in [0.29, 0.717) is 5.50 Å². The molecule has 2 aliphatic rings. The van der Waals surface area contributed by atoms with Crippen LogP contribution in [0.25, 0.3) is 0 Å². The first kappa shape index (κ1) is 3.50. The van der Waals surface area contributed by atoms with Crippen LogP contribution in [0.3, 0.4) is 0 Å². The van der Waals surface area contributed by atoms with Crippen LogP contribution in [0.15, 0.2) is 23.5 Å². The standard InChI is InChI=1S/C4H3O2P/c5-7-3-1-2-4(7)6-7/h1-3H. The van der Waals surface area contributed by atoms with Crippen molar-refractivity contribution in [3.05, 3.63) is 23.5 Å². The van der Waals surface area contributed by atoms with Gasteiger partial charge in [0.05, 0.1) is 0 Å². The summed E-state index contributed by atoms with van der Waals surface area (Å²) >= 11 is 0. The normalized spacial score (nSPS) is 42.0. The minimum Gasteiger partial charge on any atom is -0.428 e. The maximum absolute atomic E-state index is 10.7. The van der Waals surface area contributed by atoms with Crippen LogP contribution in [-0.4, -0.2) is 0 Å². The van der Waals surface area contributed by atoms with Crippen LogP contribution < -0.4 is 0 Å². The largest absolute Gasteiger partial charge is 0.428 e. The maximum atomic E-state index is 10.7. The highest BCUT2D eigenvalue weighted by molar-refractivity contribution is 7.73. The molecule has 2 aliphatic heterocycles. The molecule has 2 rings (SSSR count). The summed E-state index contributed by atoms with van der Waals surface area (Å²) in [6.07, 6.45) is 3.50. The molecule has 0 saturated carbocycles. The molecule has 0 aromatic heterocycles. The van der Waals surface area contributed by atoms with Gasteiger partial charge in [-0.25, -0.2) is 0 Å². The molecule has 1 saturated heterocycles. The third kappa shape index (κ3) is 0.282. The van der Waals surface area contributed by atoms with Crippen molar-refractivity contribution in [3.8, 4) is 0 Å². The molecule has 7 heavy (non-hydrogen) atoms. The van der Waals surface area contributed by atoms with E-state index in [1.54, 1.807) is 18.0 Å². The molecule has 2 heterocycles. The van der Waals surface area contributed by atoms with Gasteiger partial charge in [-0.2, -0.15) is 0 Å². The van der Waals surface area contributed by atoms with E-state index in [1.807, 2.05) is 0 Å². The Labute approximate surface area is 40.9 Å². The lowest BCUT2D eigenvalue weighted by atomic mass is 10.6. The fourth-order valence-corrected chi connectivity index (χ4v) is 1.95. The van der Waals surface area contributed by atoms with E-state index in [9.17, 15) is 4.57 Å². The minimum absolute atomic E-state index is 0.674. The van der Waals surface area contributed by atoms with Crippen molar-refractivity contribution in [1.29, 1.82) is 0 Å². The highest BCUT2D eigenvalue weighted by atomic mass is 31.2. The van der Waals surface area contributed by atoms with Crippen LogP contribution in [0, 0.1) is 0 Å². The zero-order valence-electron chi connectivity index (χ0n) is 3.50. The number of rotatable bonds is 0. The maximum Gasteiger partial charge on any atom is 0.334 e. The van der Waals surface area contributed by atoms with Gasteiger partial charge in [-0.1, -0.05) is 6.08 Å². The number of hydrogen-bond donors (Lipinski definition) is 0. The van der Waals surface area contributed by atoms with Crippen LogP contribution in [0.2, 0.25) is 0 Å². The zero-order valence-corrected chi connectivity index (χ0v) is 4.39. The fourth-order valence-electron chi connectivity index (χ4n) is 0.595. The molecule has 0 bridgehead atoms. The molecule has 0 aromatic carbocycles. The molecule has 1 unspecified atom stereocenters. The third-order valence-corrected chi connectivity index (χ3v) is 2.75. The third-order valence-electron chi connectivity index (χ3n) is 1.03.